The van der Waals surface area contributed by atoms with E-state index < -0.39 is 0 Å². The largest absolute Gasteiger partial charge is 0.383 e. The molecule has 1 aliphatic carbocycles. The summed E-state index contributed by atoms with van der Waals surface area (Å²) in [6, 6.07) is 2.02. The summed E-state index contributed by atoms with van der Waals surface area (Å²) in [5, 5.41) is 0. The van der Waals surface area contributed by atoms with E-state index in [4.69, 9.17) is 11.5 Å². The lowest BCUT2D eigenvalue weighted by Crippen LogP contribution is -2.15. The van der Waals surface area contributed by atoms with Crippen LogP contribution in [-0.4, -0.2) is 4.98 Å². The molecule has 70 valence electrons. The average Bonchev–Trinajstić information content (AvgIpc) is 2.91. The van der Waals surface area contributed by atoms with Gasteiger partial charge >= 0.3 is 0 Å². The third-order valence-electron chi connectivity index (χ3n) is 2.41. The second-order valence-corrected chi connectivity index (χ2v) is 4.41. The SMILES string of the molecule is Nc1ncc(Br)cc1[C@@H](N)C1CC1. The number of hydrogen-bond acceptors (Lipinski definition) is 3. The minimum absolute atomic E-state index is 0.0602. The van der Waals surface area contributed by atoms with E-state index in [2.05, 4.69) is 20.9 Å². The van der Waals surface area contributed by atoms with Crippen LogP contribution in [0.25, 0.3) is 0 Å². The fourth-order valence-corrected chi connectivity index (χ4v) is 1.79. The predicted molar refractivity (Wildman–Crippen MR) is 56.0 cm³/mol. The van der Waals surface area contributed by atoms with Crippen molar-refractivity contribution in [2.24, 2.45) is 11.7 Å². The van der Waals surface area contributed by atoms with Crippen LogP contribution in [0.15, 0.2) is 16.7 Å². The molecule has 0 saturated heterocycles. The minimum Gasteiger partial charge on any atom is -0.383 e. The zero-order chi connectivity index (χ0) is 9.42. The van der Waals surface area contributed by atoms with Gasteiger partial charge < -0.3 is 11.5 Å². The van der Waals surface area contributed by atoms with Crippen LogP contribution >= 0.6 is 15.9 Å². The van der Waals surface area contributed by atoms with Gasteiger partial charge in [-0.05, 0) is 40.8 Å². The van der Waals surface area contributed by atoms with E-state index in [0.717, 1.165) is 10.0 Å². The second-order valence-electron chi connectivity index (χ2n) is 3.49. The molecule has 0 aliphatic heterocycles. The third-order valence-corrected chi connectivity index (χ3v) is 2.84. The van der Waals surface area contributed by atoms with Gasteiger partial charge in [0.25, 0.3) is 0 Å². The summed E-state index contributed by atoms with van der Waals surface area (Å²) >= 11 is 3.36. The Kier molecular flexibility index (Phi) is 2.26. The van der Waals surface area contributed by atoms with Gasteiger partial charge in [-0.1, -0.05) is 0 Å². The molecule has 4 heteroatoms. The molecule has 0 bridgehead atoms. The molecule has 1 aliphatic rings. The van der Waals surface area contributed by atoms with Crippen molar-refractivity contribution in [3.8, 4) is 0 Å². The molecule has 2 rings (SSSR count). The van der Waals surface area contributed by atoms with Crippen LogP contribution in [0.4, 0.5) is 5.82 Å². The maximum absolute atomic E-state index is 6.03. The van der Waals surface area contributed by atoms with E-state index in [1.807, 2.05) is 6.07 Å². The Labute approximate surface area is 85.7 Å². The summed E-state index contributed by atoms with van der Waals surface area (Å²) in [5.41, 5.74) is 12.7. The lowest BCUT2D eigenvalue weighted by Gasteiger charge is -2.12. The molecule has 0 aromatic carbocycles. The van der Waals surface area contributed by atoms with Gasteiger partial charge in [-0.3, -0.25) is 0 Å². The molecular weight excluding hydrogens is 230 g/mol. The number of nitrogens with zero attached hydrogens (tertiary/aromatic N) is 1. The zero-order valence-corrected chi connectivity index (χ0v) is 8.79. The van der Waals surface area contributed by atoms with Gasteiger partial charge in [0.15, 0.2) is 0 Å². The summed E-state index contributed by atoms with van der Waals surface area (Å²) in [7, 11) is 0. The van der Waals surface area contributed by atoms with Crippen molar-refractivity contribution in [2.75, 3.05) is 5.73 Å². The van der Waals surface area contributed by atoms with Crippen LogP contribution in [0.3, 0.4) is 0 Å². The number of hydrogen-bond donors (Lipinski definition) is 2. The van der Waals surface area contributed by atoms with Gasteiger partial charge in [-0.2, -0.15) is 0 Å². The maximum Gasteiger partial charge on any atom is 0.128 e. The van der Waals surface area contributed by atoms with Crippen molar-refractivity contribution in [3.63, 3.8) is 0 Å². The Balaban J connectivity index is 2.31. The Morgan fingerprint density at radius 2 is 2.23 bits per heavy atom. The van der Waals surface area contributed by atoms with Crippen LogP contribution in [0.1, 0.15) is 24.4 Å². The van der Waals surface area contributed by atoms with E-state index in [9.17, 15) is 0 Å². The Morgan fingerprint density at radius 3 is 2.85 bits per heavy atom. The highest BCUT2D eigenvalue weighted by Crippen LogP contribution is 2.40. The number of nitrogens with two attached hydrogens (primary N) is 2. The first-order valence-corrected chi connectivity index (χ1v) is 5.14. The predicted octanol–water partition coefficient (Wildman–Crippen LogP) is 1.84. The molecule has 0 radical (unpaired) electrons. The summed E-state index contributed by atoms with van der Waals surface area (Å²) in [5.74, 6) is 1.17. The number of pyridine rings is 1. The van der Waals surface area contributed by atoms with Crippen LogP contribution in [0, 0.1) is 5.92 Å². The quantitative estimate of drug-likeness (QED) is 0.831. The first-order chi connectivity index (χ1) is 6.18. The van der Waals surface area contributed by atoms with Crippen molar-refractivity contribution < 1.29 is 0 Å². The average molecular weight is 242 g/mol. The summed E-state index contributed by atoms with van der Waals surface area (Å²) in [4.78, 5) is 4.06. The molecular formula is C9H12BrN3. The third kappa shape index (κ3) is 1.84. The zero-order valence-electron chi connectivity index (χ0n) is 7.20. The van der Waals surface area contributed by atoms with E-state index in [-0.39, 0.29) is 6.04 Å². The Morgan fingerprint density at radius 1 is 1.54 bits per heavy atom. The van der Waals surface area contributed by atoms with Crippen molar-refractivity contribution in [2.45, 2.75) is 18.9 Å². The number of aromatic nitrogens is 1. The van der Waals surface area contributed by atoms with E-state index >= 15 is 0 Å². The van der Waals surface area contributed by atoms with Gasteiger partial charge in [-0.15, -0.1) is 0 Å². The van der Waals surface area contributed by atoms with E-state index in [1.165, 1.54) is 12.8 Å². The molecule has 1 atom stereocenters. The Bertz CT molecular complexity index is 323. The first-order valence-electron chi connectivity index (χ1n) is 4.35. The molecule has 1 heterocycles. The highest BCUT2D eigenvalue weighted by Gasteiger charge is 2.30. The molecule has 13 heavy (non-hydrogen) atoms. The second kappa shape index (κ2) is 3.27. The molecule has 0 unspecified atom stereocenters. The summed E-state index contributed by atoms with van der Waals surface area (Å²) < 4.78 is 0.938. The van der Waals surface area contributed by atoms with Gasteiger partial charge in [0.05, 0.1) is 0 Å². The summed E-state index contributed by atoms with van der Waals surface area (Å²) in [6.45, 7) is 0. The van der Waals surface area contributed by atoms with Gasteiger partial charge in [0.1, 0.15) is 5.82 Å². The number of anilines is 1. The topological polar surface area (TPSA) is 64.9 Å². The molecule has 1 saturated carbocycles. The standard InChI is InChI=1S/C9H12BrN3/c10-6-3-7(9(12)13-4-6)8(11)5-1-2-5/h3-5,8H,1-2,11H2,(H2,12,13)/t8-/m0/s1. The molecule has 0 amide bonds. The van der Waals surface area contributed by atoms with E-state index in [1.54, 1.807) is 6.20 Å². The molecule has 1 aromatic rings. The number of nitrogen functional groups attached to an aromatic ring is 1. The van der Waals surface area contributed by atoms with Gasteiger partial charge in [0, 0.05) is 22.3 Å². The van der Waals surface area contributed by atoms with Crippen LogP contribution in [-0.2, 0) is 0 Å². The van der Waals surface area contributed by atoms with Gasteiger partial charge in [-0.25, -0.2) is 4.98 Å². The Hall–Kier alpha value is -0.610. The lowest BCUT2D eigenvalue weighted by atomic mass is 10.0. The smallest absolute Gasteiger partial charge is 0.128 e. The fraction of sp³-hybridized carbons (Fsp3) is 0.444. The lowest BCUT2D eigenvalue weighted by molar-refractivity contribution is 0.633. The van der Waals surface area contributed by atoms with Crippen molar-refractivity contribution in [1.29, 1.82) is 0 Å². The fourth-order valence-electron chi connectivity index (χ4n) is 1.44. The molecule has 1 fully saturated rings. The van der Waals surface area contributed by atoms with Crippen molar-refractivity contribution >= 4 is 21.7 Å². The van der Waals surface area contributed by atoms with Gasteiger partial charge in [0.2, 0.25) is 0 Å². The first kappa shape index (κ1) is 8.97. The van der Waals surface area contributed by atoms with Crippen molar-refractivity contribution in [1.82, 2.24) is 4.98 Å². The highest BCUT2D eigenvalue weighted by molar-refractivity contribution is 9.10. The molecule has 0 spiro atoms. The number of halogens is 1. The molecule has 4 N–H and O–H groups in total. The van der Waals surface area contributed by atoms with E-state index in [0.29, 0.717) is 11.7 Å². The van der Waals surface area contributed by atoms with Crippen LogP contribution in [0.5, 0.6) is 0 Å². The highest BCUT2D eigenvalue weighted by atomic mass is 79.9. The van der Waals surface area contributed by atoms with Crippen LogP contribution in [0.2, 0.25) is 0 Å². The minimum atomic E-state index is 0.0602. The summed E-state index contributed by atoms with van der Waals surface area (Å²) in [6.07, 6.45) is 4.12. The normalized spacial score (nSPS) is 18.6. The van der Waals surface area contributed by atoms with Crippen molar-refractivity contribution in [3.05, 3.63) is 22.3 Å². The maximum atomic E-state index is 6.03. The molecule has 3 nitrogen and oxygen atoms in total. The number of rotatable bonds is 2. The monoisotopic (exact) mass is 241 g/mol. The molecule has 1 aromatic heterocycles. The van der Waals surface area contributed by atoms with Crippen LogP contribution < -0.4 is 11.5 Å².